The first kappa shape index (κ1) is 29.9. The van der Waals surface area contributed by atoms with Crippen LogP contribution in [0, 0.1) is 6.92 Å². The third kappa shape index (κ3) is 8.19. The van der Waals surface area contributed by atoms with Gasteiger partial charge in [-0.3, -0.25) is 9.59 Å². The second-order valence-electron chi connectivity index (χ2n) is 9.54. The van der Waals surface area contributed by atoms with E-state index in [2.05, 4.69) is 0 Å². The Labute approximate surface area is 231 Å². The molecule has 10 heteroatoms. The number of sulfonamides is 1. The lowest BCUT2D eigenvalue weighted by atomic mass is 10.0. The summed E-state index contributed by atoms with van der Waals surface area (Å²) in [6.07, 6.45) is 1.85. The van der Waals surface area contributed by atoms with Gasteiger partial charge >= 0.3 is 0 Å². The molecule has 208 valence electrons. The first-order chi connectivity index (χ1) is 18.1. The maximum absolute atomic E-state index is 13.6. The molecule has 0 N–H and O–H groups in total. The van der Waals surface area contributed by atoms with Gasteiger partial charge in [-0.1, -0.05) is 42.8 Å². The summed E-state index contributed by atoms with van der Waals surface area (Å²) in [5, 5.41) is 0.598. The summed E-state index contributed by atoms with van der Waals surface area (Å²) in [6, 6.07) is 14.7. The molecular formula is C28H38ClN3O5S. The zero-order chi connectivity index (χ0) is 27.7. The minimum absolute atomic E-state index is 0.0450. The monoisotopic (exact) mass is 563 g/mol. The van der Waals surface area contributed by atoms with Gasteiger partial charge in [-0.25, -0.2) is 8.42 Å². The number of hydrogen-bond donors (Lipinski definition) is 0. The lowest BCUT2D eigenvalue weighted by Gasteiger charge is -2.39. The van der Waals surface area contributed by atoms with Crippen molar-refractivity contribution in [2.75, 3.05) is 38.5 Å². The molecule has 2 aromatic rings. The molecule has 0 saturated carbocycles. The number of amides is 2. The number of ether oxygens (including phenoxy) is 1. The van der Waals surface area contributed by atoms with Crippen molar-refractivity contribution in [3.05, 3.63) is 64.7 Å². The Morgan fingerprint density at radius 3 is 2.32 bits per heavy atom. The van der Waals surface area contributed by atoms with E-state index in [-0.39, 0.29) is 36.8 Å². The molecule has 0 aliphatic carbocycles. The molecule has 1 aliphatic rings. The van der Waals surface area contributed by atoms with Gasteiger partial charge < -0.3 is 14.5 Å². The standard InChI is InChI=1S/C28H38ClN3O5S/c1-4-16-31(38(35,36)5-2)20-27(33)32(19-23-9-7-6-8-22(23)3)25-14-17-30(18-15-25)28(34)21-37-26-12-10-24(29)11-13-26/h6-13,25H,4-5,14-21H2,1-3H3. The third-order valence-corrected chi connectivity index (χ3v) is 8.98. The maximum atomic E-state index is 13.6. The van der Waals surface area contributed by atoms with E-state index in [1.54, 1.807) is 36.1 Å². The number of nitrogens with zero attached hydrogens (tertiary/aromatic N) is 3. The van der Waals surface area contributed by atoms with E-state index in [1.807, 2.05) is 43.0 Å². The molecule has 1 aliphatic heterocycles. The Balaban J connectivity index is 1.68. The number of carbonyl (C=O) groups excluding carboxylic acids is 2. The zero-order valence-electron chi connectivity index (χ0n) is 22.4. The molecule has 2 aromatic carbocycles. The maximum Gasteiger partial charge on any atom is 0.260 e. The number of rotatable bonds is 12. The van der Waals surface area contributed by atoms with Gasteiger partial charge in [-0.2, -0.15) is 4.31 Å². The molecule has 38 heavy (non-hydrogen) atoms. The molecular weight excluding hydrogens is 526 g/mol. The minimum atomic E-state index is -3.50. The van der Waals surface area contributed by atoms with Crippen molar-refractivity contribution >= 4 is 33.4 Å². The van der Waals surface area contributed by atoms with Crippen molar-refractivity contribution in [3.63, 3.8) is 0 Å². The van der Waals surface area contributed by atoms with Crippen LogP contribution in [-0.4, -0.2) is 78.9 Å². The van der Waals surface area contributed by atoms with Crippen molar-refractivity contribution in [2.45, 2.75) is 52.6 Å². The Morgan fingerprint density at radius 1 is 1.05 bits per heavy atom. The van der Waals surface area contributed by atoms with Crippen molar-refractivity contribution in [3.8, 4) is 5.75 Å². The second-order valence-corrected chi connectivity index (χ2v) is 12.2. The number of hydrogen-bond acceptors (Lipinski definition) is 5. The topological polar surface area (TPSA) is 87.2 Å². The van der Waals surface area contributed by atoms with Gasteiger partial charge in [-0.05, 0) is 68.5 Å². The van der Waals surface area contributed by atoms with E-state index in [0.717, 1.165) is 11.1 Å². The number of piperidine rings is 1. The molecule has 1 saturated heterocycles. The highest BCUT2D eigenvalue weighted by Gasteiger charge is 2.32. The van der Waals surface area contributed by atoms with E-state index in [1.165, 1.54) is 4.31 Å². The van der Waals surface area contributed by atoms with E-state index in [4.69, 9.17) is 16.3 Å². The predicted molar refractivity (Wildman–Crippen MR) is 150 cm³/mol. The Morgan fingerprint density at radius 2 is 1.71 bits per heavy atom. The average Bonchev–Trinajstić information content (AvgIpc) is 2.92. The summed E-state index contributed by atoms with van der Waals surface area (Å²) in [4.78, 5) is 29.9. The largest absolute Gasteiger partial charge is 0.484 e. The molecule has 1 heterocycles. The molecule has 0 aromatic heterocycles. The quantitative estimate of drug-likeness (QED) is 0.388. The molecule has 0 atom stereocenters. The van der Waals surface area contributed by atoms with E-state index < -0.39 is 10.0 Å². The fraction of sp³-hybridized carbons (Fsp3) is 0.500. The van der Waals surface area contributed by atoms with E-state index in [0.29, 0.717) is 56.2 Å². The van der Waals surface area contributed by atoms with Crippen LogP contribution in [0.5, 0.6) is 5.75 Å². The molecule has 3 rings (SSSR count). The predicted octanol–water partition coefficient (Wildman–Crippen LogP) is 4.11. The number of aryl methyl sites for hydroxylation is 1. The average molecular weight is 564 g/mol. The molecule has 0 spiro atoms. The van der Waals surface area contributed by atoms with Crippen LogP contribution in [-0.2, 0) is 26.2 Å². The smallest absolute Gasteiger partial charge is 0.260 e. The molecule has 0 unspecified atom stereocenters. The van der Waals surface area contributed by atoms with E-state index in [9.17, 15) is 18.0 Å². The first-order valence-electron chi connectivity index (χ1n) is 13.1. The van der Waals surface area contributed by atoms with Crippen LogP contribution in [0.25, 0.3) is 0 Å². The van der Waals surface area contributed by atoms with Crippen LogP contribution < -0.4 is 4.74 Å². The SMILES string of the molecule is CCCN(CC(=O)N(Cc1ccccc1C)C1CCN(C(=O)COc2ccc(Cl)cc2)CC1)S(=O)(=O)CC. The summed E-state index contributed by atoms with van der Waals surface area (Å²) in [6.45, 7) is 6.95. The molecule has 8 nitrogen and oxygen atoms in total. The highest BCUT2D eigenvalue weighted by Crippen LogP contribution is 2.22. The van der Waals surface area contributed by atoms with Crippen LogP contribution in [0.2, 0.25) is 5.02 Å². The van der Waals surface area contributed by atoms with E-state index >= 15 is 0 Å². The zero-order valence-corrected chi connectivity index (χ0v) is 24.0. The Kier molecular flexibility index (Phi) is 11.0. The summed E-state index contributed by atoms with van der Waals surface area (Å²) >= 11 is 5.90. The number of likely N-dealkylation sites (tertiary alicyclic amines) is 1. The molecule has 1 fully saturated rings. The van der Waals surface area contributed by atoms with Crippen LogP contribution in [0.15, 0.2) is 48.5 Å². The number of halogens is 1. The summed E-state index contributed by atoms with van der Waals surface area (Å²) in [5.74, 6) is 0.204. The van der Waals surface area contributed by atoms with Gasteiger partial charge in [0.2, 0.25) is 15.9 Å². The van der Waals surface area contributed by atoms with Crippen molar-refractivity contribution < 1.29 is 22.7 Å². The Hall–Kier alpha value is -2.62. The van der Waals surface area contributed by atoms with Crippen molar-refractivity contribution in [1.29, 1.82) is 0 Å². The van der Waals surface area contributed by atoms with Gasteiger partial charge in [-0.15, -0.1) is 0 Å². The summed E-state index contributed by atoms with van der Waals surface area (Å²) in [7, 11) is -3.50. The first-order valence-corrected chi connectivity index (χ1v) is 15.1. The van der Waals surface area contributed by atoms with Crippen LogP contribution >= 0.6 is 11.6 Å². The lowest BCUT2D eigenvalue weighted by molar-refractivity contribution is -0.138. The highest BCUT2D eigenvalue weighted by molar-refractivity contribution is 7.89. The van der Waals surface area contributed by atoms with Crippen LogP contribution in [0.4, 0.5) is 0 Å². The van der Waals surface area contributed by atoms with Crippen LogP contribution in [0.3, 0.4) is 0 Å². The second kappa shape index (κ2) is 14.0. The fourth-order valence-electron chi connectivity index (χ4n) is 4.58. The lowest BCUT2D eigenvalue weighted by Crippen LogP contribution is -2.52. The molecule has 0 bridgehead atoms. The Bertz CT molecular complexity index is 1180. The highest BCUT2D eigenvalue weighted by atomic mass is 35.5. The van der Waals surface area contributed by atoms with Crippen LogP contribution in [0.1, 0.15) is 44.2 Å². The summed E-state index contributed by atoms with van der Waals surface area (Å²) < 4.78 is 32.2. The van der Waals surface area contributed by atoms with Gasteiger partial charge in [0.25, 0.3) is 5.91 Å². The van der Waals surface area contributed by atoms with Crippen molar-refractivity contribution in [2.24, 2.45) is 0 Å². The van der Waals surface area contributed by atoms with Gasteiger partial charge in [0.15, 0.2) is 6.61 Å². The molecule has 0 radical (unpaired) electrons. The number of benzene rings is 2. The van der Waals surface area contributed by atoms with Gasteiger partial charge in [0.1, 0.15) is 5.75 Å². The summed E-state index contributed by atoms with van der Waals surface area (Å²) in [5.41, 5.74) is 2.10. The molecule has 2 amide bonds. The van der Waals surface area contributed by atoms with Crippen molar-refractivity contribution in [1.82, 2.24) is 14.1 Å². The van der Waals surface area contributed by atoms with Gasteiger partial charge in [0.05, 0.1) is 12.3 Å². The normalized spacial score (nSPS) is 14.5. The third-order valence-electron chi connectivity index (χ3n) is 6.90. The fourth-order valence-corrected chi connectivity index (χ4v) is 5.84. The van der Waals surface area contributed by atoms with Gasteiger partial charge in [0, 0.05) is 37.2 Å². The minimum Gasteiger partial charge on any atom is -0.484 e. The number of carbonyl (C=O) groups is 2.